The number of hydrogen-bond acceptors (Lipinski definition) is 5. The highest BCUT2D eigenvalue weighted by Gasteiger charge is 2.15. The molecule has 0 atom stereocenters. The van der Waals surface area contributed by atoms with Crippen LogP contribution in [-0.4, -0.2) is 42.1 Å². The molecule has 1 aromatic heterocycles. The van der Waals surface area contributed by atoms with Crippen molar-refractivity contribution in [3.05, 3.63) is 54.4 Å². The average molecular weight is 347 g/mol. The van der Waals surface area contributed by atoms with Gasteiger partial charge in [0.25, 0.3) is 0 Å². The summed E-state index contributed by atoms with van der Waals surface area (Å²) in [5.74, 6) is 1.76. The van der Waals surface area contributed by atoms with E-state index in [0.717, 1.165) is 47.9 Å². The largest absolute Gasteiger partial charge is 0.378 e. The van der Waals surface area contributed by atoms with E-state index in [4.69, 9.17) is 9.97 Å². The van der Waals surface area contributed by atoms with Gasteiger partial charge < -0.3 is 10.2 Å². The van der Waals surface area contributed by atoms with Gasteiger partial charge in [0.05, 0.1) is 12.1 Å². The van der Waals surface area contributed by atoms with Crippen molar-refractivity contribution in [3.8, 4) is 0 Å². The molecule has 0 amide bonds. The fourth-order valence-electron chi connectivity index (χ4n) is 3.41. The van der Waals surface area contributed by atoms with Gasteiger partial charge in [0.2, 0.25) is 0 Å². The lowest BCUT2D eigenvalue weighted by molar-refractivity contribution is 0.323. The van der Waals surface area contributed by atoms with Gasteiger partial charge in [-0.3, -0.25) is 4.90 Å². The topological polar surface area (TPSA) is 44.3 Å². The minimum absolute atomic E-state index is 0.819. The molecule has 2 aromatic carbocycles. The number of nitrogens with zero attached hydrogens (tertiary/aromatic N) is 4. The van der Waals surface area contributed by atoms with Crippen molar-refractivity contribution in [3.63, 3.8) is 0 Å². The molecule has 0 unspecified atom stereocenters. The van der Waals surface area contributed by atoms with E-state index < -0.39 is 0 Å². The van der Waals surface area contributed by atoms with Crippen LogP contribution in [0.2, 0.25) is 0 Å². The Morgan fingerprint density at radius 2 is 1.69 bits per heavy atom. The predicted molar refractivity (Wildman–Crippen MR) is 108 cm³/mol. The minimum Gasteiger partial charge on any atom is -0.378 e. The second-order valence-electron chi connectivity index (χ2n) is 7.06. The Labute approximate surface area is 154 Å². The van der Waals surface area contributed by atoms with Crippen LogP contribution in [0.15, 0.2) is 48.5 Å². The quantitative estimate of drug-likeness (QED) is 0.755. The summed E-state index contributed by atoms with van der Waals surface area (Å²) in [7, 11) is 4.09. The second-order valence-corrected chi connectivity index (χ2v) is 7.06. The molecule has 5 heteroatoms. The second kappa shape index (κ2) is 7.30. The van der Waals surface area contributed by atoms with Crippen LogP contribution < -0.4 is 10.2 Å². The number of aromatic nitrogens is 2. The van der Waals surface area contributed by atoms with E-state index in [-0.39, 0.29) is 0 Å². The van der Waals surface area contributed by atoms with Crippen molar-refractivity contribution in [1.82, 2.24) is 14.9 Å². The summed E-state index contributed by atoms with van der Waals surface area (Å²) in [5.41, 5.74) is 3.20. The molecule has 0 saturated carbocycles. The summed E-state index contributed by atoms with van der Waals surface area (Å²) in [4.78, 5) is 14.1. The number of benzene rings is 2. The first-order valence-corrected chi connectivity index (χ1v) is 9.21. The zero-order valence-corrected chi connectivity index (χ0v) is 15.4. The molecule has 1 N–H and O–H groups in total. The summed E-state index contributed by atoms with van der Waals surface area (Å²) in [6.07, 6.45) is 2.55. The van der Waals surface area contributed by atoms with Crippen molar-refractivity contribution < 1.29 is 0 Å². The molecule has 1 aliphatic heterocycles. The summed E-state index contributed by atoms with van der Waals surface area (Å²) in [6.45, 7) is 3.11. The number of hydrogen-bond donors (Lipinski definition) is 1. The molecule has 26 heavy (non-hydrogen) atoms. The number of nitrogens with one attached hydrogen (secondary N) is 1. The van der Waals surface area contributed by atoms with E-state index in [1.807, 2.05) is 26.2 Å². The Morgan fingerprint density at radius 3 is 2.42 bits per heavy atom. The molecule has 1 fully saturated rings. The van der Waals surface area contributed by atoms with Gasteiger partial charge >= 0.3 is 0 Å². The van der Waals surface area contributed by atoms with Crippen LogP contribution in [0, 0.1) is 0 Å². The first-order chi connectivity index (χ1) is 12.7. The van der Waals surface area contributed by atoms with E-state index in [1.165, 1.54) is 18.5 Å². The Bertz CT molecular complexity index is 883. The zero-order valence-electron chi connectivity index (χ0n) is 15.4. The highest BCUT2D eigenvalue weighted by atomic mass is 15.2. The Morgan fingerprint density at radius 1 is 0.962 bits per heavy atom. The molecule has 1 saturated heterocycles. The van der Waals surface area contributed by atoms with Crippen molar-refractivity contribution in [2.24, 2.45) is 0 Å². The van der Waals surface area contributed by atoms with E-state index >= 15 is 0 Å². The molecule has 0 bridgehead atoms. The molecule has 0 aliphatic carbocycles. The molecule has 0 spiro atoms. The van der Waals surface area contributed by atoms with Crippen LogP contribution in [0.1, 0.15) is 18.7 Å². The lowest BCUT2D eigenvalue weighted by Gasteiger charge is -2.16. The minimum atomic E-state index is 0.819. The van der Waals surface area contributed by atoms with Crippen LogP contribution in [-0.2, 0) is 6.54 Å². The van der Waals surface area contributed by atoms with Gasteiger partial charge in [-0.25, -0.2) is 9.97 Å². The van der Waals surface area contributed by atoms with Gasteiger partial charge in [0, 0.05) is 30.9 Å². The Balaban J connectivity index is 1.65. The van der Waals surface area contributed by atoms with Crippen LogP contribution in [0.4, 0.5) is 17.2 Å². The van der Waals surface area contributed by atoms with Crippen molar-refractivity contribution >= 4 is 28.1 Å². The van der Waals surface area contributed by atoms with Gasteiger partial charge in [-0.1, -0.05) is 12.1 Å². The van der Waals surface area contributed by atoms with Crippen LogP contribution in [0.3, 0.4) is 0 Å². The third-order valence-electron chi connectivity index (χ3n) is 4.86. The van der Waals surface area contributed by atoms with Crippen LogP contribution in [0.5, 0.6) is 0 Å². The van der Waals surface area contributed by atoms with Gasteiger partial charge in [-0.2, -0.15) is 0 Å². The van der Waals surface area contributed by atoms with Crippen LogP contribution in [0.25, 0.3) is 10.9 Å². The first kappa shape index (κ1) is 16.8. The van der Waals surface area contributed by atoms with Crippen molar-refractivity contribution in [1.29, 1.82) is 0 Å². The molecule has 1 aliphatic rings. The number of fused-ring (bicyclic) bond motifs is 1. The van der Waals surface area contributed by atoms with Gasteiger partial charge in [-0.15, -0.1) is 0 Å². The normalized spacial score (nSPS) is 14.7. The van der Waals surface area contributed by atoms with E-state index in [2.05, 4.69) is 51.5 Å². The van der Waals surface area contributed by atoms with E-state index in [0.29, 0.717) is 0 Å². The maximum Gasteiger partial charge on any atom is 0.145 e. The maximum absolute atomic E-state index is 4.84. The smallest absolute Gasteiger partial charge is 0.145 e. The monoisotopic (exact) mass is 347 g/mol. The fourth-order valence-corrected chi connectivity index (χ4v) is 3.41. The lowest BCUT2D eigenvalue weighted by atomic mass is 10.2. The van der Waals surface area contributed by atoms with Gasteiger partial charge in [-0.05, 0) is 62.3 Å². The Hall–Kier alpha value is -2.66. The van der Waals surface area contributed by atoms with Gasteiger partial charge in [0.15, 0.2) is 0 Å². The Kier molecular flexibility index (Phi) is 4.71. The van der Waals surface area contributed by atoms with Crippen LogP contribution >= 0.6 is 0 Å². The number of anilines is 3. The first-order valence-electron chi connectivity index (χ1n) is 9.21. The van der Waals surface area contributed by atoms with E-state index in [9.17, 15) is 0 Å². The molecule has 2 heterocycles. The third kappa shape index (κ3) is 3.63. The van der Waals surface area contributed by atoms with E-state index in [1.54, 1.807) is 0 Å². The van der Waals surface area contributed by atoms with Gasteiger partial charge in [0.1, 0.15) is 11.6 Å². The summed E-state index contributed by atoms with van der Waals surface area (Å²) in [6, 6.07) is 16.6. The standard InChI is InChI=1S/C21H25N5/c1-25(2)17-11-9-16(10-12-17)22-21-18-7-3-4-8-19(18)23-20(24-21)15-26-13-5-6-14-26/h3-4,7-12H,5-6,13-15H2,1-2H3,(H,22,23,24). The fraction of sp³-hybridized carbons (Fsp3) is 0.333. The zero-order chi connectivity index (χ0) is 17.9. The number of rotatable bonds is 5. The lowest BCUT2D eigenvalue weighted by Crippen LogP contribution is -2.20. The molecule has 3 aromatic rings. The molecular formula is C21H25N5. The highest BCUT2D eigenvalue weighted by Crippen LogP contribution is 2.25. The third-order valence-corrected chi connectivity index (χ3v) is 4.86. The average Bonchev–Trinajstić information content (AvgIpc) is 3.15. The SMILES string of the molecule is CN(C)c1ccc(Nc2nc(CN3CCCC3)nc3ccccc23)cc1. The molecule has 4 rings (SSSR count). The number of likely N-dealkylation sites (tertiary alicyclic amines) is 1. The summed E-state index contributed by atoms with van der Waals surface area (Å²) >= 11 is 0. The highest BCUT2D eigenvalue weighted by molar-refractivity contribution is 5.90. The molecule has 0 radical (unpaired) electrons. The molecule has 134 valence electrons. The van der Waals surface area contributed by atoms with Crippen molar-refractivity contribution in [2.45, 2.75) is 19.4 Å². The maximum atomic E-state index is 4.84. The number of para-hydroxylation sites is 1. The summed E-state index contributed by atoms with van der Waals surface area (Å²) < 4.78 is 0. The predicted octanol–water partition coefficient (Wildman–Crippen LogP) is 4.04. The van der Waals surface area contributed by atoms with Crippen molar-refractivity contribution in [2.75, 3.05) is 37.4 Å². The summed E-state index contributed by atoms with van der Waals surface area (Å²) in [5, 5.41) is 4.54. The molecule has 5 nitrogen and oxygen atoms in total. The molecular weight excluding hydrogens is 322 g/mol.